The first-order valence-corrected chi connectivity index (χ1v) is 6.38. The minimum atomic E-state index is -0.972. The van der Waals surface area contributed by atoms with Gasteiger partial charge in [0.05, 0.1) is 11.1 Å². The van der Waals surface area contributed by atoms with E-state index in [4.69, 9.17) is 14.9 Å². The lowest BCUT2D eigenvalue weighted by molar-refractivity contribution is 0.0686. The second-order valence-corrected chi connectivity index (χ2v) is 4.84. The van der Waals surface area contributed by atoms with E-state index in [1.807, 2.05) is 6.07 Å². The van der Waals surface area contributed by atoms with Gasteiger partial charge in [-0.25, -0.2) is 9.59 Å². The molecule has 2 N–H and O–H groups in total. The molecular formula is C16H12O5. The first-order chi connectivity index (χ1) is 10.1. The van der Waals surface area contributed by atoms with E-state index in [9.17, 15) is 9.59 Å². The summed E-state index contributed by atoms with van der Waals surface area (Å²) in [6.45, 7) is 0. The second kappa shape index (κ2) is 5.03. The van der Waals surface area contributed by atoms with Crippen LogP contribution in [0.5, 0.6) is 0 Å². The van der Waals surface area contributed by atoms with Gasteiger partial charge in [-0.1, -0.05) is 24.3 Å². The molecule has 5 nitrogen and oxygen atoms in total. The number of carboxylic acids is 2. The van der Waals surface area contributed by atoms with Crippen LogP contribution >= 0.6 is 0 Å². The minimum absolute atomic E-state index is 0.156. The number of carbonyl (C=O) groups is 2. The molecule has 3 rings (SSSR count). The molecule has 5 heteroatoms. The van der Waals surface area contributed by atoms with Gasteiger partial charge in [0.25, 0.3) is 0 Å². The quantitative estimate of drug-likeness (QED) is 0.843. The molecule has 2 atom stereocenters. The molecule has 106 valence electrons. The third-order valence-corrected chi connectivity index (χ3v) is 3.44. The molecule has 2 unspecified atom stereocenters. The zero-order chi connectivity index (χ0) is 15.0. The average molecular weight is 284 g/mol. The summed E-state index contributed by atoms with van der Waals surface area (Å²) in [7, 11) is 0. The molecule has 1 aliphatic heterocycles. The van der Waals surface area contributed by atoms with Gasteiger partial charge < -0.3 is 14.9 Å². The fraction of sp³-hybridized carbons (Fsp3) is 0.125. The number of epoxide rings is 1. The van der Waals surface area contributed by atoms with Crippen LogP contribution in [0.2, 0.25) is 0 Å². The first-order valence-electron chi connectivity index (χ1n) is 6.38. The maximum absolute atomic E-state index is 11.0. The Morgan fingerprint density at radius 1 is 0.810 bits per heavy atom. The molecule has 0 radical (unpaired) electrons. The molecule has 0 amide bonds. The second-order valence-electron chi connectivity index (χ2n) is 4.84. The summed E-state index contributed by atoms with van der Waals surface area (Å²) in [5.41, 5.74) is 2.14. The van der Waals surface area contributed by atoms with Crippen LogP contribution in [-0.2, 0) is 4.74 Å². The minimum Gasteiger partial charge on any atom is -0.478 e. The Morgan fingerprint density at radius 2 is 1.43 bits per heavy atom. The van der Waals surface area contributed by atoms with Gasteiger partial charge in [-0.05, 0) is 35.4 Å². The molecule has 1 fully saturated rings. The van der Waals surface area contributed by atoms with Gasteiger partial charge in [0.2, 0.25) is 0 Å². The molecule has 0 spiro atoms. The maximum atomic E-state index is 11.0. The molecule has 21 heavy (non-hydrogen) atoms. The topological polar surface area (TPSA) is 87.1 Å². The summed E-state index contributed by atoms with van der Waals surface area (Å²) in [6, 6.07) is 13.1. The summed E-state index contributed by atoms with van der Waals surface area (Å²) < 4.78 is 5.58. The van der Waals surface area contributed by atoms with E-state index in [1.165, 1.54) is 18.2 Å². The van der Waals surface area contributed by atoms with Crippen molar-refractivity contribution in [3.63, 3.8) is 0 Å². The van der Waals surface area contributed by atoms with Crippen molar-refractivity contribution in [2.24, 2.45) is 0 Å². The molecule has 2 aromatic rings. The summed E-state index contributed by atoms with van der Waals surface area (Å²) in [5.74, 6) is -1.94. The largest absolute Gasteiger partial charge is 0.478 e. The molecule has 0 aromatic heterocycles. The third kappa shape index (κ3) is 2.64. The summed E-state index contributed by atoms with van der Waals surface area (Å²) in [6.07, 6.45) is -0.336. The summed E-state index contributed by atoms with van der Waals surface area (Å²) in [4.78, 5) is 21.8. The normalized spacial score (nSPS) is 20.0. The van der Waals surface area contributed by atoms with Crippen LogP contribution in [-0.4, -0.2) is 22.2 Å². The molecular weight excluding hydrogens is 272 g/mol. The van der Waals surface area contributed by atoms with Crippen molar-refractivity contribution in [3.05, 3.63) is 70.8 Å². The molecule has 0 aliphatic carbocycles. The maximum Gasteiger partial charge on any atom is 0.335 e. The lowest BCUT2D eigenvalue weighted by Gasteiger charge is -2.00. The highest BCUT2D eigenvalue weighted by atomic mass is 16.6. The Labute approximate surface area is 120 Å². The van der Waals surface area contributed by atoms with E-state index in [2.05, 4.69) is 0 Å². The van der Waals surface area contributed by atoms with E-state index in [0.29, 0.717) is 0 Å². The average Bonchev–Trinajstić information content (AvgIpc) is 3.28. The van der Waals surface area contributed by atoms with Gasteiger partial charge in [-0.3, -0.25) is 0 Å². The Hall–Kier alpha value is -2.66. The van der Waals surface area contributed by atoms with Crippen LogP contribution in [0.15, 0.2) is 48.5 Å². The monoisotopic (exact) mass is 284 g/mol. The van der Waals surface area contributed by atoms with Gasteiger partial charge in [-0.2, -0.15) is 0 Å². The summed E-state index contributed by atoms with van der Waals surface area (Å²) in [5, 5.41) is 17.8. The standard InChI is InChI=1S/C16H12O5/c17-15(18)10-6-4-9(5-7-10)13-14(21-13)11-2-1-3-12(8-11)16(19)20/h1-8,13-14H,(H,17,18)(H,19,20). The van der Waals surface area contributed by atoms with Crippen molar-refractivity contribution in [2.75, 3.05) is 0 Å². The zero-order valence-corrected chi connectivity index (χ0v) is 10.9. The lowest BCUT2D eigenvalue weighted by Crippen LogP contribution is -1.97. The highest BCUT2D eigenvalue weighted by Gasteiger charge is 2.41. The molecule has 1 aliphatic rings. The molecule has 2 aromatic carbocycles. The van der Waals surface area contributed by atoms with Gasteiger partial charge in [-0.15, -0.1) is 0 Å². The van der Waals surface area contributed by atoms with Gasteiger partial charge >= 0.3 is 11.9 Å². The molecule has 0 bridgehead atoms. The smallest absolute Gasteiger partial charge is 0.335 e. The number of rotatable bonds is 4. The number of hydrogen-bond acceptors (Lipinski definition) is 3. The van der Waals surface area contributed by atoms with Crippen molar-refractivity contribution >= 4 is 11.9 Å². The summed E-state index contributed by atoms with van der Waals surface area (Å²) >= 11 is 0. The van der Waals surface area contributed by atoms with Crippen LogP contribution in [0, 0.1) is 0 Å². The van der Waals surface area contributed by atoms with Crippen LogP contribution in [0.1, 0.15) is 44.1 Å². The molecule has 0 saturated carbocycles. The van der Waals surface area contributed by atoms with Crippen molar-refractivity contribution in [3.8, 4) is 0 Å². The first kappa shape index (κ1) is 13.3. The number of hydrogen-bond donors (Lipinski definition) is 2. The van der Waals surface area contributed by atoms with E-state index in [0.717, 1.165) is 11.1 Å². The van der Waals surface area contributed by atoms with Crippen LogP contribution in [0.25, 0.3) is 0 Å². The molecule has 1 heterocycles. The Kier molecular flexibility index (Phi) is 3.19. The van der Waals surface area contributed by atoms with Crippen LogP contribution in [0.4, 0.5) is 0 Å². The van der Waals surface area contributed by atoms with E-state index in [1.54, 1.807) is 24.3 Å². The van der Waals surface area contributed by atoms with Crippen molar-refractivity contribution in [2.45, 2.75) is 12.2 Å². The van der Waals surface area contributed by atoms with E-state index >= 15 is 0 Å². The number of ether oxygens (including phenoxy) is 1. The predicted molar refractivity (Wildman–Crippen MR) is 73.4 cm³/mol. The zero-order valence-electron chi connectivity index (χ0n) is 10.9. The fourth-order valence-electron chi connectivity index (χ4n) is 2.28. The number of benzene rings is 2. The highest BCUT2D eigenvalue weighted by molar-refractivity contribution is 5.88. The highest BCUT2D eigenvalue weighted by Crippen LogP contribution is 2.50. The SMILES string of the molecule is O=C(O)c1ccc(C2OC2c2cccc(C(=O)O)c2)cc1. The Morgan fingerprint density at radius 3 is 2.05 bits per heavy atom. The van der Waals surface area contributed by atoms with E-state index < -0.39 is 11.9 Å². The van der Waals surface area contributed by atoms with Gasteiger partial charge in [0.15, 0.2) is 0 Å². The number of carboxylic acid groups (broad SMARTS) is 2. The van der Waals surface area contributed by atoms with E-state index in [-0.39, 0.29) is 23.3 Å². The van der Waals surface area contributed by atoms with Gasteiger partial charge in [0.1, 0.15) is 12.2 Å². The van der Waals surface area contributed by atoms with Crippen LogP contribution in [0.3, 0.4) is 0 Å². The Bertz CT molecular complexity index is 705. The van der Waals surface area contributed by atoms with Crippen molar-refractivity contribution < 1.29 is 24.5 Å². The van der Waals surface area contributed by atoms with Crippen molar-refractivity contribution in [1.29, 1.82) is 0 Å². The number of aromatic carboxylic acids is 2. The Balaban J connectivity index is 1.78. The fourth-order valence-corrected chi connectivity index (χ4v) is 2.28. The van der Waals surface area contributed by atoms with Gasteiger partial charge in [0, 0.05) is 0 Å². The lowest BCUT2D eigenvalue weighted by atomic mass is 10.0. The molecule has 1 saturated heterocycles. The van der Waals surface area contributed by atoms with Crippen molar-refractivity contribution in [1.82, 2.24) is 0 Å². The predicted octanol–water partition coefficient (Wildman–Crippen LogP) is 2.90. The third-order valence-electron chi connectivity index (χ3n) is 3.44. The van der Waals surface area contributed by atoms with Crippen LogP contribution < -0.4 is 0 Å².